The van der Waals surface area contributed by atoms with Gasteiger partial charge in [0.25, 0.3) is 0 Å². The number of aliphatic hydroxyl groups excluding tert-OH is 1. The van der Waals surface area contributed by atoms with Crippen molar-refractivity contribution in [1.82, 2.24) is 15.0 Å². The number of aromatic nitrogens is 3. The normalized spacial score (nSPS) is 12.2. The molecule has 5 nitrogen and oxygen atoms in total. The lowest BCUT2D eigenvalue weighted by molar-refractivity contribution is 0.271. The molecular weight excluding hydrogens is 240 g/mol. The fourth-order valence-electron chi connectivity index (χ4n) is 1.75. The fraction of sp³-hybridized carbons (Fsp3) is 0.357. The van der Waals surface area contributed by atoms with E-state index in [0.29, 0.717) is 5.82 Å². The molecular formula is C14H18N4O. The average molecular weight is 258 g/mol. The van der Waals surface area contributed by atoms with E-state index < -0.39 is 0 Å². The summed E-state index contributed by atoms with van der Waals surface area (Å²) in [6.07, 6.45) is 4.29. The molecule has 0 fully saturated rings. The zero-order chi connectivity index (χ0) is 13.7. The Hall–Kier alpha value is -2.01. The van der Waals surface area contributed by atoms with E-state index in [4.69, 9.17) is 0 Å². The third-order valence-corrected chi connectivity index (χ3v) is 2.84. The quantitative estimate of drug-likeness (QED) is 0.858. The molecule has 2 N–H and O–H groups in total. The Balaban J connectivity index is 2.30. The fourth-order valence-corrected chi connectivity index (χ4v) is 1.75. The van der Waals surface area contributed by atoms with Gasteiger partial charge in [0.1, 0.15) is 5.82 Å². The second-order valence-electron chi connectivity index (χ2n) is 4.39. The van der Waals surface area contributed by atoms with E-state index in [-0.39, 0.29) is 12.6 Å². The number of hydrogen-bond acceptors (Lipinski definition) is 5. The van der Waals surface area contributed by atoms with E-state index in [1.807, 2.05) is 32.0 Å². The second-order valence-corrected chi connectivity index (χ2v) is 4.39. The van der Waals surface area contributed by atoms with Crippen LogP contribution in [0.15, 0.2) is 30.6 Å². The first-order valence-electron chi connectivity index (χ1n) is 6.36. The van der Waals surface area contributed by atoms with Crippen LogP contribution in [0.5, 0.6) is 0 Å². The van der Waals surface area contributed by atoms with Gasteiger partial charge in [0.05, 0.1) is 12.6 Å². The van der Waals surface area contributed by atoms with Gasteiger partial charge < -0.3 is 10.4 Å². The maximum Gasteiger partial charge on any atom is 0.163 e. The van der Waals surface area contributed by atoms with Crippen molar-refractivity contribution in [3.8, 4) is 11.4 Å². The Bertz CT molecular complexity index is 526. The molecule has 19 heavy (non-hydrogen) atoms. The molecule has 0 spiro atoms. The molecule has 0 amide bonds. The van der Waals surface area contributed by atoms with Crippen molar-refractivity contribution in [1.29, 1.82) is 0 Å². The maximum absolute atomic E-state index is 9.23. The number of aryl methyl sites for hydroxylation is 1. The average Bonchev–Trinajstić information content (AvgIpc) is 2.45. The smallest absolute Gasteiger partial charge is 0.163 e. The molecule has 0 saturated carbocycles. The zero-order valence-electron chi connectivity index (χ0n) is 11.2. The number of rotatable bonds is 5. The van der Waals surface area contributed by atoms with Crippen LogP contribution in [0.4, 0.5) is 5.82 Å². The summed E-state index contributed by atoms with van der Waals surface area (Å²) in [5, 5.41) is 12.4. The summed E-state index contributed by atoms with van der Waals surface area (Å²) >= 11 is 0. The van der Waals surface area contributed by atoms with E-state index >= 15 is 0 Å². The standard InChI is InChI=1S/C14H18N4O/c1-3-12(9-19)17-13-7-10(2)16-14(18-13)11-5-4-6-15-8-11/h4-8,12,19H,3,9H2,1-2H3,(H,16,17,18)/t12-/m1/s1. The van der Waals surface area contributed by atoms with Crippen molar-refractivity contribution in [2.75, 3.05) is 11.9 Å². The first-order chi connectivity index (χ1) is 9.22. The molecule has 0 unspecified atom stereocenters. The molecule has 2 rings (SSSR count). The summed E-state index contributed by atoms with van der Waals surface area (Å²) in [6, 6.07) is 5.67. The number of nitrogens with one attached hydrogen (secondary N) is 1. The van der Waals surface area contributed by atoms with Gasteiger partial charge in [0.2, 0.25) is 0 Å². The molecule has 2 aromatic rings. The number of anilines is 1. The summed E-state index contributed by atoms with van der Waals surface area (Å²) in [4.78, 5) is 12.9. The summed E-state index contributed by atoms with van der Waals surface area (Å²) < 4.78 is 0. The van der Waals surface area contributed by atoms with E-state index in [1.54, 1.807) is 12.4 Å². The summed E-state index contributed by atoms with van der Waals surface area (Å²) in [6.45, 7) is 4.03. The van der Waals surface area contributed by atoms with Crippen LogP contribution in [-0.2, 0) is 0 Å². The van der Waals surface area contributed by atoms with Crippen molar-refractivity contribution in [3.05, 3.63) is 36.3 Å². The minimum Gasteiger partial charge on any atom is -0.394 e. The Kier molecular flexibility index (Phi) is 4.41. The molecule has 5 heteroatoms. The van der Waals surface area contributed by atoms with E-state index in [0.717, 1.165) is 23.5 Å². The molecule has 100 valence electrons. The molecule has 0 aliphatic rings. The predicted molar refractivity (Wildman–Crippen MR) is 74.8 cm³/mol. The highest BCUT2D eigenvalue weighted by Crippen LogP contribution is 2.17. The summed E-state index contributed by atoms with van der Waals surface area (Å²) in [7, 11) is 0. The Morgan fingerprint density at radius 1 is 1.37 bits per heavy atom. The van der Waals surface area contributed by atoms with E-state index in [9.17, 15) is 5.11 Å². The van der Waals surface area contributed by atoms with Crippen LogP contribution >= 0.6 is 0 Å². The minimum atomic E-state index is 0.0102. The lowest BCUT2D eigenvalue weighted by atomic mass is 10.2. The third kappa shape index (κ3) is 3.48. The van der Waals surface area contributed by atoms with E-state index in [1.165, 1.54) is 0 Å². The van der Waals surface area contributed by atoms with Crippen molar-refractivity contribution >= 4 is 5.82 Å². The van der Waals surface area contributed by atoms with Gasteiger partial charge >= 0.3 is 0 Å². The van der Waals surface area contributed by atoms with E-state index in [2.05, 4.69) is 20.3 Å². The van der Waals surface area contributed by atoms with Gasteiger partial charge in [-0.25, -0.2) is 9.97 Å². The van der Waals surface area contributed by atoms with Crippen LogP contribution in [-0.4, -0.2) is 32.7 Å². The van der Waals surface area contributed by atoms with Crippen LogP contribution in [0.1, 0.15) is 19.0 Å². The van der Waals surface area contributed by atoms with Gasteiger partial charge in [-0.1, -0.05) is 6.92 Å². The zero-order valence-corrected chi connectivity index (χ0v) is 11.2. The Morgan fingerprint density at radius 2 is 2.21 bits per heavy atom. The second kappa shape index (κ2) is 6.24. The van der Waals surface area contributed by atoms with Crippen LogP contribution < -0.4 is 5.32 Å². The van der Waals surface area contributed by atoms with Crippen LogP contribution in [0.3, 0.4) is 0 Å². The lowest BCUT2D eigenvalue weighted by Gasteiger charge is -2.15. The van der Waals surface area contributed by atoms with Crippen molar-refractivity contribution < 1.29 is 5.11 Å². The molecule has 1 atom stereocenters. The van der Waals surface area contributed by atoms with Gasteiger partial charge in [-0.3, -0.25) is 4.98 Å². The van der Waals surface area contributed by atoms with Crippen LogP contribution in [0, 0.1) is 6.92 Å². The van der Waals surface area contributed by atoms with Crippen LogP contribution in [0.25, 0.3) is 11.4 Å². The summed E-state index contributed by atoms with van der Waals surface area (Å²) in [5.74, 6) is 1.37. The SMILES string of the molecule is CC[C@H](CO)Nc1cc(C)nc(-c2cccnc2)n1. The summed E-state index contributed by atoms with van der Waals surface area (Å²) in [5.41, 5.74) is 1.76. The maximum atomic E-state index is 9.23. The predicted octanol–water partition coefficient (Wildman–Crippen LogP) is 2.03. The topological polar surface area (TPSA) is 70.9 Å². The molecule has 0 aromatic carbocycles. The number of aliphatic hydroxyl groups is 1. The third-order valence-electron chi connectivity index (χ3n) is 2.84. The molecule has 0 bridgehead atoms. The van der Waals surface area contributed by atoms with Gasteiger partial charge in [-0.05, 0) is 25.5 Å². The van der Waals surface area contributed by atoms with Gasteiger partial charge in [0, 0.05) is 29.7 Å². The molecule has 0 radical (unpaired) electrons. The van der Waals surface area contributed by atoms with Crippen molar-refractivity contribution in [2.45, 2.75) is 26.3 Å². The van der Waals surface area contributed by atoms with Gasteiger partial charge in [-0.15, -0.1) is 0 Å². The van der Waals surface area contributed by atoms with Crippen LogP contribution in [0.2, 0.25) is 0 Å². The molecule has 0 aliphatic heterocycles. The number of pyridine rings is 1. The van der Waals surface area contributed by atoms with Gasteiger partial charge in [-0.2, -0.15) is 0 Å². The lowest BCUT2D eigenvalue weighted by Crippen LogP contribution is -2.23. The molecule has 2 heterocycles. The molecule has 0 aliphatic carbocycles. The monoisotopic (exact) mass is 258 g/mol. The molecule has 2 aromatic heterocycles. The number of nitrogens with zero attached hydrogens (tertiary/aromatic N) is 3. The van der Waals surface area contributed by atoms with Gasteiger partial charge in [0.15, 0.2) is 5.82 Å². The largest absolute Gasteiger partial charge is 0.394 e. The first kappa shape index (κ1) is 13.4. The Morgan fingerprint density at radius 3 is 2.84 bits per heavy atom. The highest BCUT2D eigenvalue weighted by molar-refractivity contribution is 5.56. The minimum absolute atomic E-state index is 0.0102. The number of hydrogen-bond donors (Lipinski definition) is 2. The highest BCUT2D eigenvalue weighted by atomic mass is 16.3. The Labute approximate surface area is 112 Å². The van der Waals surface area contributed by atoms with Crippen molar-refractivity contribution in [2.24, 2.45) is 0 Å². The molecule has 0 saturated heterocycles. The highest BCUT2D eigenvalue weighted by Gasteiger charge is 2.08. The van der Waals surface area contributed by atoms with Crippen molar-refractivity contribution in [3.63, 3.8) is 0 Å². The first-order valence-corrected chi connectivity index (χ1v) is 6.36.